The van der Waals surface area contributed by atoms with Crippen LogP contribution < -0.4 is 9.47 Å². The number of hydrogen-bond donors (Lipinski definition) is 0. The Kier molecular flexibility index (Phi) is 5.88. The number of rotatable bonds is 7. The lowest BCUT2D eigenvalue weighted by molar-refractivity contribution is 0.392. The summed E-state index contributed by atoms with van der Waals surface area (Å²) in [7, 11) is 3.39. The van der Waals surface area contributed by atoms with Gasteiger partial charge in [0.2, 0.25) is 0 Å². The van der Waals surface area contributed by atoms with Crippen LogP contribution in [-0.2, 0) is 6.42 Å². The van der Waals surface area contributed by atoms with Gasteiger partial charge in [-0.05, 0) is 55.4 Å². The number of aryl methyl sites for hydroxylation is 2. The van der Waals surface area contributed by atoms with Crippen molar-refractivity contribution < 1.29 is 9.47 Å². The van der Waals surface area contributed by atoms with Crippen LogP contribution in [0, 0.1) is 6.92 Å². The van der Waals surface area contributed by atoms with E-state index in [2.05, 4.69) is 50.2 Å². The molecule has 0 N–H and O–H groups in total. The maximum absolute atomic E-state index is 5.35. The molecule has 2 aromatic carbocycles. The highest BCUT2D eigenvalue weighted by Gasteiger charge is 2.09. The topological polar surface area (TPSA) is 18.5 Å². The molecule has 0 heterocycles. The third-order valence-corrected chi connectivity index (χ3v) is 4.17. The molecule has 0 spiro atoms. The van der Waals surface area contributed by atoms with Gasteiger partial charge in [-0.25, -0.2) is 0 Å². The fourth-order valence-electron chi connectivity index (χ4n) is 2.65. The predicted octanol–water partition coefficient (Wildman–Crippen LogP) is 5.14. The van der Waals surface area contributed by atoms with Crippen LogP contribution >= 0.6 is 0 Å². The first-order chi connectivity index (χ1) is 10.6. The van der Waals surface area contributed by atoms with Crippen LogP contribution in [0.25, 0.3) is 0 Å². The second kappa shape index (κ2) is 7.88. The molecule has 0 amide bonds. The summed E-state index contributed by atoms with van der Waals surface area (Å²) in [5.74, 6) is 2.22. The Morgan fingerprint density at radius 3 is 2.05 bits per heavy atom. The molecular weight excluding hydrogens is 272 g/mol. The van der Waals surface area contributed by atoms with Crippen LogP contribution in [0.3, 0.4) is 0 Å². The lowest BCUT2D eigenvalue weighted by Crippen LogP contribution is -1.98. The molecule has 2 rings (SSSR count). The number of benzene rings is 2. The highest BCUT2D eigenvalue weighted by Crippen LogP contribution is 2.29. The van der Waals surface area contributed by atoms with Crippen molar-refractivity contribution in [3.05, 3.63) is 59.2 Å². The summed E-state index contributed by atoms with van der Waals surface area (Å²) in [6.45, 7) is 4.39. The molecule has 22 heavy (non-hydrogen) atoms. The average Bonchev–Trinajstić information content (AvgIpc) is 2.56. The fraction of sp³-hybridized carbons (Fsp3) is 0.400. The van der Waals surface area contributed by atoms with Crippen molar-refractivity contribution in [3.8, 4) is 11.5 Å². The minimum Gasteiger partial charge on any atom is -0.497 e. The quantitative estimate of drug-likeness (QED) is 0.704. The van der Waals surface area contributed by atoms with Crippen molar-refractivity contribution in [1.82, 2.24) is 0 Å². The average molecular weight is 298 g/mol. The second-order valence-electron chi connectivity index (χ2n) is 5.92. The van der Waals surface area contributed by atoms with Gasteiger partial charge in [-0.1, -0.05) is 36.8 Å². The molecule has 1 atom stereocenters. The molecule has 2 heteroatoms. The Bertz CT molecular complexity index is 565. The van der Waals surface area contributed by atoms with E-state index in [1.807, 2.05) is 6.07 Å². The summed E-state index contributed by atoms with van der Waals surface area (Å²) in [5, 5.41) is 0. The van der Waals surface area contributed by atoms with Crippen molar-refractivity contribution in [2.24, 2.45) is 0 Å². The fourth-order valence-corrected chi connectivity index (χ4v) is 2.65. The summed E-state index contributed by atoms with van der Waals surface area (Å²) in [6, 6.07) is 15.0. The van der Waals surface area contributed by atoms with Gasteiger partial charge in [-0.2, -0.15) is 0 Å². The maximum Gasteiger partial charge on any atom is 0.122 e. The van der Waals surface area contributed by atoms with Crippen molar-refractivity contribution in [1.29, 1.82) is 0 Å². The molecule has 118 valence electrons. The first-order valence-electron chi connectivity index (χ1n) is 7.91. The molecule has 0 saturated heterocycles. The van der Waals surface area contributed by atoms with Crippen molar-refractivity contribution in [2.45, 2.75) is 39.0 Å². The first-order valence-corrected chi connectivity index (χ1v) is 7.91. The van der Waals surface area contributed by atoms with E-state index in [0.717, 1.165) is 24.3 Å². The molecule has 0 aliphatic heterocycles. The van der Waals surface area contributed by atoms with Gasteiger partial charge in [0, 0.05) is 6.07 Å². The monoisotopic (exact) mass is 298 g/mol. The van der Waals surface area contributed by atoms with E-state index in [1.54, 1.807) is 14.2 Å². The summed E-state index contributed by atoms with van der Waals surface area (Å²) in [5.41, 5.74) is 4.02. The Balaban J connectivity index is 1.94. The van der Waals surface area contributed by atoms with Gasteiger partial charge in [0.25, 0.3) is 0 Å². The lowest BCUT2D eigenvalue weighted by Gasteiger charge is -2.15. The summed E-state index contributed by atoms with van der Waals surface area (Å²) >= 11 is 0. The van der Waals surface area contributed by atoms with E-state index in [-0.39, 0.29) is 0 Å². The van der Waals surface area contributed by atoms with Gasteiger partial charge >= 0.3 is 0 Å². The summed E-state index contributed by atoms with van der Waals surface area (Å²) < 4.78 is 10.7. The van der Waals surface area contributed by atoms with E-state index in [1.165, 1.54) is 23.1 Å². The largest absolute Gasteiger partial charge is 0.497 e. The lowest BCUT2D eigenvalue weighted by atomic mass is 9.94. The normalized spacial score (nSPS) is 12.0. The number of methoxy groups -OCH3 is 2. The van der Waals surface area contributed by atoms with Crippen LogP contribution in [-0.4, -0.2) is 14.2 Å². The van der Waals surface area contributed by atoms with E-state index in [9.17, 15) is 0 Å². The van der Waals surface area contributed by atoms with E-state index in [4.69, 9.17) is 9.47 Å². The van der Waals surface area contributed by atoms with Gasteiger partial charge in [0.05, 0.1) is 14.2 Å². The maximum atomic E-state index is 5.35. The molecule has 0 bridgehead atoms. The van der Waals surface area contributed by atoms with Crippen LogP contribution in [0.4, 0.5) is 0 Å². The molecule has 0 unspecified atom stereocenters. The van der Waals surface area contributed by atoms with E-state index in [0.29, 0.717) is 5.92 Å². The molecule has 0 aromatic heterocycles. The molecule has 0 aliphatic carbocycles. The van der Waals surface area contributed by atoms with Crippen LogP contribution in [0.15, 0.2) is 42.5 Å². The first kappa shape index (κ1) is 16.4. The number of hydrogen-bond acceptors (Lipinski definition) is 2. The third kappa shape index (κ3) is 4.52. The molecule has 2 nitrogen and oxygen atoms in total. The molecule has 0 fully saturated rings. The molecule has 2 aromatic rings. The van der Waals surface area contributed by atoms with Gasteiger partial charge in [0.15, 0.2) is 0 Å². The van der Waals surface area contributed by atoms with E-state index < -0.39 is 0 Å². The standard InChI is InChI=1S/C20H26O2/c1-15-8-10-17(11-9-15)7-5-6-16(2)18-12-19(21-3)14-20(13-18)22-4/h8-14,16H,5-7H2,1-4H3/t16-/m1/s1. The van der Waals surface area contributed by atoms with Gasteiger partial charge < -0.3 is 9.47 Å². The van der Waals surface area contributed by atoms with Crippen LogP contribution in [0.5, 0.6) is 11.5 Å². The van der Waals surface area contributed by atoms with Crippen molar-refractivity contribution in [2.75, 3.05) is 14.2 Å². The van der Waals surface area contributed by atoms with Gasteiger partial charge in [-0.3, -0.25) is 0 Å². The third-order valence-electron chi connectivity index (χ3n) is 4.17. The van der Waals surface area contributed by atoms with E-state index >= 15 is 0 Å². The minimum atomic E-state index is 0.495. The predicted molar refractivity (Wildman–Crippen MR) is 92.1 cm³/mol. The highest BCUT2D eigenvalue weighted by molar-refractivity contribution is 5.39. The summed E-state index contributed by atoms with van der Waals surface area (Å²) in [4.78, 5) is 0. The van der Waals surface area contributed by atoms with Crippen LogP contribution in [0.2, 0.25) is 0 Å². The van der Waals surface area contributed by atoms with Gasteiger partial charge in [-0.15, -0.1) is 0 Å². The van der Waals surface area contributed by atoms with Gasteiger partial charge in [0.1, 0.15) is 11.5 Å². The molecule has 0 saturated carbocycles. The Morgan fingerprint density at radius 1 is 0.909 bits per heavy atom. The van der Waals surface area contributed by atoms with Crippen molar-refractivity contribution >= 4 is 0 Å². The second-order valence-corrected chi connectivity index (χ2v) is 5.92. The highest BCUT2D eigenvalue weighted by atomic mass is 16.5. The number of ether oxygens (including phenoxy) is 2. The summed E-state index contributed by atoms with van der Waals surface area (Å²) in [6.07, 6.45) is 3.47. The zero-order valence-electron chi connectivity index (χ0n) is 14.1. The molecule has 0 aliphatic rings. The Hall–Kier alpha value is -1.96. The molecule has 0 radical (unpaired) electrons. The van der Waals surface area contributed by atoms with Crippen molar-refractivity contribution in [3.63, 3.8) is 0 Å². The Morgan fingerprint density at radius 2 is 1.50 bits per heavy atom. The smallest absolute Gasteiger partial charge is 0.122 e. The minimum absolute atomic E-state index is 0.495. The zero-order valence-corrected chi connectivity index (χ0v) is 14.1. The Labute approximate surface area is 134 Å². The van der Waals surface area contributed by atoms with Crippen LogP contribution in [0.1, 0.15) is 42.4 Å². The SMILES string of the molecule is COc1cc(OC)cc([C@H](C)CCCc2ccc(C)cc2)c1. The molecular formula is C20H26O2. The zero-order chi connectivity index (χ0) is 15.9.